The van der Waals surface area contributed by atoms with E-state index in [1.165, 1.54) is 6.07 Å². The van der Waals surface area contributed by atoms with E-state index >= 15 is 0 Å². The van der Waals surface area contributed by atoms with Gasteiger partial charge in [-0.3, -0.25) is 14.9 Å². The number of rotatable bonds is 7. The Morgan fingerprint density at radius 1 is 0.824 bits per heavy atom. The molecule has 4 rings (SSSR count). The van der Waals surface area contributed by atoms with E-state index in [9.17, 15) is 19.7 Å². The lowest BCUT2D eigenvalue weighted by atomic mass is 9.83. The van der Waals surface area contributed by atoms with E-state index in [0.717, 1.165) is 32.1 Å². The number of para-hydroxylation sites is 1. The van der Waals surface area contributed by atoms with Gasteiger partial charge in [-0.15, -0.1) is 0 Å². The van der Waals surface area contributed by atoms with Crippen LogP contribution in [0, 0.1) is 16.0 Å². The summed E-state index contributed by atoms with van der Waals surface area (Å²) in [6, 6.07) is 21.6. The number of hydrogen-bond donors (Lipinski definition) is 0. The van der Waals surface area contributed by atoms with Crippen LogP contribution in [0.5, 0.6) is 0 Å². The summed E-state index contributed by atoms with van der Waals surface area (Å²) in [5, 5.41) is 15.4. The van der Waals surface area contributed by atoms with Gasteiger partial charge in [-0.05, 0) is 36.6 Å². The highest BCUT2D eigenvalue weighted by Crippen LogP contribution is 2.30. The first-order valence-corrected chi connectivity index (χ1v) is 11.3. The average Bonchev–Trinajstić information content (AvgIpc) is 2.89. The Hall–Kier alpha value is -4.13. The molecule has 0 saturated heterocycles. The molecule has 1 aliphatic carbocycles. The number of benzene rings is 3. The van der Waals surface area contributed by atoms with Crippen LogP contribution in [0.3, 0.4) is 0 Å². The van der Waals surface area contributed by atoms with Crippen molar-refractivity contribution in [3.05, 3.63) is 100 Å². The van der Waals surface area contributed by atoms with Crippen molar-refractivity contribution in [2.75, 3.05) is 0 Å². The highest BCUT2D eigenvalue weighted by Gasteiger charge is 2.27. The molecule has 0 atom stereocenters. The van der Waals surface area contributed by atoms with Gasteiger partial charge in [-0.25, -0.2) is 4.79 Å². The predicted octanol–water partition coefficient (Wildman–Crippen LogP) is 6.24. The summed E-state index contributed by atoms with van der Waals surface area (Å²) >= 11 is 0. The van der Waals surface area contributed by atoms with E-state index in [1.54, 1.807) is 72.8 Å². The SMILES string of the molecule is O=C(O/N=C(\C(=O)c1ccc(-c2ccccc2[N+](=O)[O-])cc1)C1CCCCC1)c1ccccc1. The zero-order valence-electron chi connectivity index (χ0n) is 18.6. The van der Waals surface area contributed by atoms with Crippen LogP contribution in [0.2, 0.25) is 0 Å². The fraction of sp³-hybridized carbons (Fsp3) is 0.222. The zero-order valence-corrected chi connectivity index (χ0v) is 18.6. The summed E-state index contributed by atoms with van der Waals surface area (Å²) in [5.41, 5.74) is 2.10. The third kappa shape index (κ3) is 5.26. The number of nitrogens with zero attached hydrogens (tertiary/aromatic N) is 2. The molecule has 0 aliphatic heterocycles. The Balaban J connectivity index is 1.60. The van der Waals surface area contributed by atoms with Crippen LogP contribution in [0.15, 0.2) is 84.0 Å². The van der Waals surface area contributed by atoms with Crippen molar-refractivity contribution in [1.82, 2.24) is 0 Å². The highest BCUT2D eigenvalue weighted by molar-refractivity contribution is 6.46. The van der Waals surface area contributed by atoms with Gasteiger partial charge >= 0.3 is 5.97 Å². The first-order chi connectivity index (χ1) is 16.5. The molecule has 1 saturated carbocycles. The first kappa shape index (κ1) is 23.0. The van der Waals surface area contributed by atoms with Gasteiger partial charge in [0.2, 0.25) is 5.78 Å². The Bertz CT molecular complexity index is 1210. The van der Waals surface area contributed by atoms with Crippen LogP contribution >= 0.6 is 0 Å². The van der Waals surface area contributed by atoms with Crippen LogP contribution < -0.4 is 0 Å². The molecule has 0 heterocycles. The molecule has 0 spiro atoms. The molecule has 3 aromatic rings. The molecule has 0 aromatic heterocycles. The Morgan fingerprint density at radius 3 is 2.15 bits per heavy atom. The van der Waals surface area contributed by atoms with Gasteiger partial charge < -0.3 is 4.84 Å². The molecule has 3 aromatic carbocycles. The van der Waals surface area contributed by atoms with Gasteiger partial charge in [-0.2, -0.15) is 0 Å². The number of oxime groups is 1. The number of hydrogen-bond acceptors (Lipinski definition) is 6. The average molecular weight is 456 g/mol. The minimum absolute atomic E-state index is 0.00106. The summed E-state index contributed by atoms with van der Waals surface area (Å²) in [6.07, 6.45) is 4.69. The molecule has 7 heteroatoms. The van der Waals surface area contributed by atoms with Gasteiger partial charge in [-0.1, -0.05) is 79.0 Å². The molecule has 0 radical (unpaired) electrons. The molecular formula is C27H24N2O5. The lowest BCUT2D eigenvalue weighted by Crippen LogP contribution is -2.27. The number of nitro groups is 1. The van der Waals surface area contributed by atoms with Gasteiger partial charge in [0, 0.05) is 17.5 Å². The molecule has 0 bridgehead atoms. The second-order valence-electron chi connectivity index (χ2n) is 8.24. The van der Waals surface area contributed by atoms with Crippen molar-refractivity contribution in [3.8, 4) is 11.1 Å². The van der Waals surface area contributed by atoms with E-state index in [2.05, 4.69) is 5.16 Å². The summed E-state index contributed by atoms with van der Waals surface area (Å²) in [7, 11) is 0. The van der Waals surface area contributed by atoms with Crippen LogP contribution in [0.4, 0.5) is 5.69 Å². The normalized spacial score (nSPS) is 14.4. The van der Waals surface area contributed by atoms with Crippen molar-refractivity contribution < 1.29 is 19.3 Å². The van der Waals surface area contributed by atoms with Gasteiger partial charge in [0.1, 0.15) is 5.71 Å². The summed E-state index contributed by atoms with van der Waals surface area (Å²) in [5.74, 6) is -1.00. The number of nitro benzene ring substituents is 1. The minimum Gasteiger partial charge on any atom is -0.312 e. The van der Waals surface area contributed by atoms with Gasteiger partial charge in [0.15, 0.2) is 0 Å². The highest BCUT2D eigenvalue weighted by atomic mass is 16.7. The maximum atomic E-state index is 13.4. The van der Waals surface area contributed by atoms with Crippen LogP contribution in [0.25, 0.3) is 11.1 Å². The fourth-order valence-electron chi connectivity index (χ4n) is 4.22. The quantitative estimate of drug-likeness (QED) is 0.138. The van der Waals surface area contributed by atoms with E-state index in [-0.39, 0.29) is 23.1 Å². The summed E-state index contributed by atoms with van der Waals surface area (Å²) in [6.45, 7) is 0. The van der Waals surface area contributed by atoms with Crippen molar-refractivity contribution in [3.63, 3.8) is 0 Å². The van der Waals surface area contributed by atoms with E-state index in [0.29, 0.717) is 22.3 Å². The number of ketones is 1. The molecule has 7 nitrogen and oxygen atoms in total. The predicted molar refractivity (Wildman–Crippen MR) is 129 cm³/mol. The molecule has 1 fully saturated rings. The Labute approximate surface area is 197 Å². The second kappa shape index (κ2) is 10.7. The topological polar surface area (TPSA) is 98.9 Å². The number of carbonyl (C=O) groups excluding carboxylic acids is 2. The summed E-state index contributed by atoms with van der Waals surface area (Å²) in [4.78, 5) is 41.9. The van der Waals surface area contributed by atoms with Crippen LogP contribution in [-0.4, -0.2) is 22.4 Å². The standard InChI is InChI=1S/C27H24N2O5/c30-26(21-17-15-19(16-18-21)23-13-7-8-14-24(23)29(32)33)25(20-9-3-1-4-10-20)28-34-27(31)22-11-5-2-6-12-22/h2,5-8,11-18,20H,1,3-4,9-10H2/b28-25-. The zero-order chi connectivity index (χ0) is 23.9. The van der Waals surface area contributed by atoms with Crippen molar-refractivity contribution >= 4 is 23.2 Å². The van der Waals surface area contributed by atoms with Crippen molar-refractivity contribution in [2.24, 2.45) is 11.1 Å². The molecule has 172 valence electrons. The maximum absolute atomic E-state index is 13.4. The smallest absolute Gasteiger partial charge is 0.312 e. The first-order valence-electron chi connectivity index (χ1n) is 11.3. The van der Waals surface area contributed by atoms with Crippen molar-refractivity contribution in [2.45, 2.75) is 32.1 Å². The van der Waals surface area contributed by atoms with Crippen LogP contribution in [-0.2, 0) is 4.84 Å². The number of carbonyl (C=O) groups is 2. The van der Waals surface area contributed by atoms with Gasteiger partial charge in [0.05, 0.1) is 16.1 Å². The van der Waals surface area contributed by atoms with Gasteiger partial charge in [0.25, 0.3) is 5.69 Å². The van der Waals surface area contributed by atoms with E-state index in [1.807, 2.05) is 0 Å². The summed E-state index contributed by atoms with van der Waals surface area (Å²) < 4.78 is 0. The molecule has 0 amide bonds. The molecule has 0 unspecified atom stereocenters. The monoisotopic (exact) mass is 456 g/mol. The second-order valence-corrected chi connectivity index (χ2v) is 8.24. The molecule has 1 aliphatic rings. The fourth-order valence-corrected chi connectivity index (χ4v) is 4.22. The van der Waals surface area contributed by atoms with Crippen molar-refractivity contribution in [1.29, 1.82) is 0 Å². The lowest BCUT2D eigenvalue weighted by Gasteiger charge is -2.22. The lowest BCUT2D eigenvalue weighted by molar-refractivity contribution is -0.384. The van der Waals surface area contributed by atoms with E-state index < -0.39 is 10.9 Å². The third-order valence-corrected chi connectivity index (χ3v) is 6.02. The van der Waals surface area contributed by atoms with Crippen LogP contribution in [0.1, 0.15) is 52.8 Å². The minimum atomic E-state index is -0.617. The Morgan fingerprint density at radius 2 is 1.47 bits per heavy atom. The molecule has 0 N–H and O–H groups in total. The maximum Gasteiger partial charge on any atom is 0.365 e. The Kier molecular flexibility index (Phi) is 7.22. The molecule has 34 heavy (non-hydrogen) atoms. The molecular weight excluding hydrogens is 432 g/mol. The largest absolute Gasteiger partial charge is 0.365 e. The van der Waals surface area contributed by atoms with E-state index in [4.69, 9.17) is 4.84 Å². The third-order valence-electron chi connectivity index (χ3n) is 6.02. The number of Topliss-reactive ketones (excluding diaryl/α,β-unsaturated/α-hetero) is 1.